The molecule has 5 nitrogen and oxygen atoms in total. The van der Waals surface area contributed by atoms with Gasteiger partial charge in [0, 0.05) is 6.54 Å². The predicted octanol–water partition coefficient (Wildman–Crippen LogP) is 3.47. The Morgan fingerprint density at radius 2 is 1.70 bits per heavy atom. The minimum absolute atomic E-state index is 0.0727. The second kappa shape index (κ2) is 9.05. The molecular weight excluding hydrogens is 342 g/mol. The van der Waals surface area contributed by atoms with Crippen LogP contribution in [0.1, 0.15) is 18.1 Å². The van der Waals surface area contributed by atoms with Gasteiger partial charge < -0.3 is 19.9 Å². The standard InChI is InChI=1S/C22H23NO4/c1-26-17-9-11-18(12-10-17)27-15-22(25)23-14-13-21(24)20-8-4-6-16-5-2-3-7-19(16)20/h2-12,21,24H,13-15H2,1H3,(H,23,25). The van der Waals surface area contributed by atoms with Crippen molar-refractivity contribution >= 4 is 16.7 Å². The van der Waals surface area contributed by atoms with Gasteiger partial charge in [0.2, 0.25) is 0 Å². The average Bonchev–Trinajstić information content (AvgIpc) is 2.72. The van der Waals surface area contributed by atoms with Crippen molar-refractivity contribution in [1.29, 1.82) is 0 Å². The van der Waals surface area contributed by atoms with Gasteiger partial charge in [-0.15, -0.1) is 0 Å². The van der Waals surface area contributed by atoms with E-state index in [0.717, 1.165) is 22.1 Å². The molecule has 0 aliphatic rings. The van der Waals surface area contributed by atoms with Crippen LogP contribution < -0.4 is 14.8 Å². The third-order valence-corrected chi connectivity index (χ3v) is 4.35. The molecule has 3 aromatic rings. The Kier molecular flexibility index (Phi) is 6.28. The topological polar surface area (TPSA) is 67.8 Å². The van der Waals surface area contributed by atoms with Crippen molar-refractivity contribution in [2.75, 3.05) is 20.3 Å². The van der Waals surface area contributed by atoms with Crippen molar-refractivity contribution in [2.45, 2.75) is 12.5 Å². The van der Waals surface area contributed by atoms with Crippen molar-refractivity contribution in [2.24, 2.45) is 0 Å². The number of ether oxygens (including phenoxy) is 2. The van der Waals surface area contributed by atoms with Crippen LogP contribution in [-0.2, 0) is 4.79 Å². The number of carbonyl (C=O) groups excluding carboxylic acids is 1. The van der Waals surface area contributed by atoms with E-state index in [4.69, 9.17) is 9.47 Å². The lowest BCUT2D eigenvalue weighted by molar-refractivity contribution is -0.123. The zero-order valence-corrected chi connectivity index (χ0v) is 15.2. The highest BCUT2D eigenvalue weighted by molar-refractivity contribution is 5.86. The number of rotatable bonds is 8. The first-order valence-electron chi connectivity index (χ1n) is 8.86. The molecule has 3 aromatic carbocycles. The number of aliphatic hydroxyl groups is 1. The predicted molar refractivity (Wildman–Crippen MR) is 105 cm³/mol. The molecule has 0 radical (unpaired) electrons. The van der Waals surface area contributed by atoms with Gasteiger partial charge in [-0.2, -0.15) is 0 Å². The second-order valence-corrected chi connectivity index (χ2v) is 6.19. The number of hydrogen-bond donors (Lipinski definition) is 2. The summed E-state index contributed by atoms with van der Waals surface area (Å²) in [6.07, 6.45) is -0.207. The van der Waals surface area contributed by atoms with Crippen molar-refractivity contribution in [1.82, 2.24) is 5.32 Å². The lowest BCUT2D eigenvalue weighted by Crippen LogP contribution is -2.30. The number of amides is 1. The van der Waals surface area contributed by atoms with Gasteiger partial charge in [-0.1, -0.05) is 42.5 Å². The lowest BCUT2D eigenvalue weighted by atomic mass is 9.99. The zero-order chi connectivity index (χ0) is 19.1. The summed E-state index contributed by atoms with van der Waals surface area (Å²) in [5, 5.41) is 15.4. The van der Waals surface area contributed by atoms with Crippen LogP contribution in [0.4, 0.5) is 0 Å². The van der Waals surface area contributed by atoms with Crippen molar-refractivity contribution in [3.05, 3.63) is 72.3 Å². The molecule has 0 fully saturated rings. The molecule has 1 unspecified atom stereocenters. The number of hydrogen-bond acceptors (Lipinski definition) is 4. The Labute approximate surface area is 158 Å². The van der Waals surface area contributed by atoms with Crippen LogP contribution in [0.25, 0.3) is 10.8 Å². The molecule has 27 heavy (non-hydrogen) atoms. The minimum atomic E-state index is -0.640. The summed E-state index contributed by atoms with van der Waals surface area (Å²) in [6, 6.07) is 20.8. The zero-order valence-electron chi connectivity index (χ0n) is 15.2. The Balaban J connectivity index is 1.46. The van der Waals surface area contributed by atoms with Crippen molar-refractivity contribution in [3.63, 3.8) is 0 Å². The van der Waals surface area contributed by atoms with Gasteiger partial charge in [0.25, 0.3) is 5.91 Å². The van der Waals surface area contributed by atoms with Crippen LogP contribution in [-0.4, -0.2) is 31.3 Å². The highest BCUT2D eigenvalue weighted by Crippen LogP contribution is 2.25. The van der Waals surface area contributed by atoms with Gasteiger partial charge in [-0.3, -0.25) is 4.79 Å². The molecule has 0 heterocycles. The molecule has 5 heteroatoms. The smallest absolute Gasteiger partial charge is 0.257 e. The maximum Gasteiger partial charge on any atom is 0.257 e. The normalized spacial score (nSPS) is 11.8. The Morgan fingerprint density at radius 1 is 1.00 bits per heavy atom. The summed E-state index contributed by atoms with van der Waals surface area (Å²) in [6.45, 7) is 0.298. The quantitative estimate of drug-likeness (QED) is 0.641. The fraction of sp³-hybridized carbons (Fsp3) is 0.227. The third kappa shape index (κ3) is 4.99. The molecule has 0 spiro atoms. The summed E-state index contributed by atoms with van der Waals surface area (Å²) in [7, 11) is 1.59. The first-order valence-corrected chi connectivity index (χ1v) is 8.86. The molecule has 0 saturated heterocycles. The molecule has 0 aliphatic carbocycles. The van der Waals surface area contributed by atoms with Gasteiger partial charge in [-0.25, -0.2) is 0 Å². The summed E-state index contributed by atoms with van der Waals surface area (Å²) < 4.78 is 10.5. The average molecular weight is 365 g/mol. The maximum atomic E-state index is 11.9. The van der Waals surface area contributed by atoms with E-state index in [1.165, 1.54) is 0 Å². The van der Waals surface area contributed by atoms with E-state index in [2.05, 4.69) is 5.32 Å². The van der Waals surface area contributed by atoms with Crippen LogP contribution in [0.2, 0.25) is 0 Å². The Hall–Kier alpha value is -3.05. The molecule has 2 N–H and O–H groups in total. The number of benzene rings is 3. The molecule has 0 saturated carbocycles. The van der Waals surface area contributed by atoms with Crippen LogP contribution in [0, 0.1) is 0 Å². The maximum absolute atomic E-state index is 11.9. The molecule has 0 aliphatic heterocycles. The molecule has 1 amide bonds. The minimum Gasteiger partial charge on any atom is -0.497 e. The van der Waals surface area contributed by atoms with Crippen LogP contribution >= 0.6 is 0 Å². The largest absolute Gasteiger partial charge is 0.497 e. The molecule has 0 bridgehead atoms. The van der Waals surface area contributed by atoms with Crippen molar-refractivity contribution in [3.8, 4) is 11.5 Å². The first-order chi connectivity index (χ1) is 13.2. The monoisotopic (exact) mass is 365 g/mol. The summed E-state index contributed by atoms with van der Waals surface area (Å²) in [5.41, 5.74) is 0.872. The molecular formula is C22H23NO4. The van der Waals surface area contributed by atoms with E-state index >= 15 is 0 Å². The fourth-order valence-corrected chi connectivity index (χ4v) is 2.92. The van der Waals surface area contributed by atoms with E-state index in [-0.39, 0.29) is 12.5 Å². The highest BCUT2D eigenvalue weighted by Gasteiger charge is 2.11. The fourth-order valence-electron chi connectivity index (χ4n) is 2.92. The van der Waals surface area contributed by atoms with Crippen LogP contribution in [0.5, 0.6) is 11.5 Å². The molecule has 140 valence electrons. The number of fused-ring (bicyclic) bond motifs is 1. The van der Waals surface area contributed by atoms with Gasteiger partial charge in [0.1, 0.15) is 11.5 Å². The van der Waals surface area contributed by atoms with E-state index < -0.39 is 6.10 Å². The lowest BCUT2D eigenvalue weighted by Gasteiger charge is -2.14. The summed E-state index contributed by atoms with van der Waals surface area (Å²) in [5.74, 6) is 1.10. The third-order valence-electron chi connectivity index (χ3n) is 4.35. The van der Waals surface area contributed by atoms with E-state index in [9.17, 15) is 9.90 Å². The van der Waals surface area contributed by atoms with Crippen molar-refractivity contribution < 1.29 is 19.4 Å². The summed E-state index contributed by atoms with van der Waals surface area (Å²) in [4.78, 5) is 11.9. The number of aliphatic hydroxyl groups excluding tert-OH is 1. The van der Waals surface area contributed by atoms with Gasteiger partial charge in [-0.05, 0) is 47.0 Å². The number of methoxy groups -OCH3 is 1. The van der Waals surface area contributed by atoms with E-state index in [1.807, 2.05) is 42.5 Å². The SMILES string of the molecule is COc1ccc(OCC(=O)NCCC(O)c2cccc3ccccc23)cc1. The van der Waals surface area contributed by atoms with Crippen LogP contribution in [0.3, 0.4) is 0 Å². The van der Waals surface area contributed by atoms with Gasteiger partial charge >= 0.3 is 0 Å². The Bertz CT molecular complexity index is 887. The molecule has 3 rings (SSSR count). The molecule has 1 atom stereocenters. The van der Waals surface area contributed by atoms with Gasteiger partial charge in [0.05, 0.1) is 13.2 Å². The number of nitrogens with one attached hydrogen (secondary N) is 1. The number of carbonyl (C=O) groups is 1. The molecule has 0 aromatic heterocycles. The van der Waals surface area contributed by atoms with Crippen LogP contribution in [0.15, 0.2) is 66.7 Å². The van der Waals surface area contributed by atoms with E-state index in [1.54, 1.807) is 31.4 Å². The first kappa shape index (κ1) is 18.7. The van der Waals surface area contributed by atoms with E-state index in [0.29, 0.717) is 18.7 Å². The van der Waals surface area contributed by atoms with Gasteiger partial charge in [0.15, 0.2) is 6.61 Å². The highest BCUT2D eigenvalue weighted by atomic mass is 16.5. The summed E-state index contributed by atoms with van der Waals surface area (Å²) >= 11 is 0. The second-order valence-electron chi connectivity index (χ2n) is 6.19. The Morgan fingerprint density at radius 3 is 2.48 bits per heavy atom.